The average Bonchev–Trinajstić information content (AvgIpc) is 3.50. The number of thiol groups is 1. The Hall–Kier alpha value is -4.06. The summed E-state index contributed by atoms with van der Waals surface area (Å²) >= 11 is 4.64. The van der Waals surface area contributed by atoms with Crippen molar-refractivity contribution in [1.29, 1.82) is 0 Å². The van der Waals surface area contributed by atoms with Gasteiger partial charge in [0.2, 0.25) is 7.28 Å². The molecule has 0 aliphatic heterocycles. The van der Waals surface area contributed by atoms with Gasteiger partial charge in [-0.1, -0.05) is 146 Å². The van der Waals surface area contributed by atoms with E-state index in [1.54, 1.807) is 0 Å². The van der Waals surface area contributed by atoms with Crippen molar-refractivity contribution >= 4 is 49.3 Å². The summed E-state index contributed by atoms with van der Waals surface area (Å²) in [5.41, 5.74) is 4.73. The van der Waals surface area contributed by atoms with Crippen molar-refractivity contribution in [3.63, 3.8) is 0 Å². The first-order valence-corrected chi connectivity index (χ1v) is 16.9. The number of benzene rings is 5. The van der Waals surface area contributed by atoms with E-state index in [4.69, 9.17) is 4.98 Å². The highest BCUT2D eigenvalue weighted by atomic mass is 32.1. The molecule has 2 nitrogen and oxygen atoms in total. The van der Waals surface area contributed by atoms with Crippen LogP contribution in [0.2, 0.25) is 0 Å². The molecule has 0 aliphatic rings. The van der Waals surface area contributed by atoms with Gasteiger partial charge in [0, 0.05) is 24.3 Å². The van der Waals surface area contributed by atoms with E-state index >= 15 is 0 Å². The van der Waals surface area contributed by atoms with Gasteiger partial charge in [0.15, 0.2) is 8.07 Å². The van der Waals surface area contributed by atoms with Gasteiger partial charge in [0.25, 0.3) is 0 Å². The van der Waals surface area contributed by atoms with E-state index in [9.17, 15) is 0 Å². The highest BCUT2D eigenvalue weighted by molar-refractivity contribution is 7.79. The first kappa shape index (κ1) is 27.1. The molecule has 6 rings (SSSR count). The third kappa shape index (κ3) is 5.74. The van der Waals surface area contributed by atoms with E-state index in [1.165, 1.54) is 32.3 Å². The van der Waals surface area contributed by atoms with Crippen LogP contribution < -0.4 is 21.3 Å². The molecule has 1 radical (unpaired) electrons. The van der Waals surface area contributed by atoms with Crippen LogP contribution in [-0.2, 0) is 11.9 Å². The van der Waals surface area contributed by atoms with E-state index in [1.807, 2.05) is 6.20 Å². The Morgan fingerprint density at radius 3 is 1.68 bits per heavy atom. The molecule has 0 saturated carbocycles. The minimum absolute atomic E-state index is 0.0931. The predicted octanol–water partition coefficient (Wildman–Crippen LogP) is 5.14. The molecule has 41 heavy (non-hydrogen) atoms. The molecule has 0 aliphatic carbocycles. The van der Waals surface area contributed by atoms with Crippen LogP contribution in [0.1, 0.15) is 22.5 Å². The Balaban J connectivity index is 1.49. The molecular weight excluding hydrogens is 531 g/mol. The van der Waals surface area contributed by atoms with Gasteiger partial charge in [0.1, 0.15) is 0 Å². The summed E-state index contributed by atoms with van der Waals surface area (Å²) in [5.74, 6) is 0.803. The largest absolute Gasteiger partial charge is 0.345 e. The van der Waals surface area contributed by atoms with Crippen LogP contribution in [-0.4, -0.2) is 24.9 Å². The molecule has 0 bridgehead atoms. The summed E-state index contributed by atoms with van der Waals surface area (Å²) in [6.45, 7) is 0. The standard InChI is InChI=1S/C36H32BN2SSi/c40-27-29-14-13-23-34(26-29)41(32-19-9-3-10-20-32,33-21-11-4-12-22-33)28-39-25-24-38-36(39)37-35(30-15-5-1-6-16-30)31-17-7-2-8-18-31/h1-26,35,40H,27-28H2. The lowest BCUT2D eigenvalue weighted by Crippen LogP contribution is -2.70. The van der Waals surface area contributed by atoms with Crippen molar-refractivity contribution in [2.45, 2.75) is 17.7 Å². The van der Waals surface area contributed by atoms with Crippen molar-refractivity contribution in [1.82, 2.24) is 9.55 Å². The Morgan fingerprint density at radius 2 is 1.15 bits per heavy atom. The molecule has 0 unspecified atom stereocenters. The zero-order chi connectivity index (χ0) is 27.9. The molecule has 0 amide bonds. The SMILES string of the molecule is SCc1cccc([Si](Cn2ccnc2[B]C(c2ccccc2)c2ccccc2)(c2ccccc2)c2ccccc2)c1. The number of hydrogen-bond donors (Lipinski definition) is 1. The summed E-state index contributed by atoms with van der Waals surface area (Å²) in [7, 11) is -0.225. The van der Waals surface area contributed by atoms with Crippen molar-refractivity contribution < 1.29 is 0 Å². The predicted molar refractivity (Wildman–Crippen MR) is 179 cm³/mol. The maximum atomic E-state index is 4.92. The third-order valence-corrected chi connectivity index (χ3v) is 13.0. The highest BCUT2D eigenvalue weighted by Crippen LogP contribution is 2.23. The van der Waals surface area contributed by atoms with Crippen LogP contribution in [0.25, 0.3) is 0 Å². The number of nitrogens with zero attached hydrogens (tertiary/aromatic N) is 2. The van der Waals surface area contributed by atoms with E-state index < -0.39 is 8.07 Å². The third-order valence-electron chi connectivity index (χ3n) is 7.92. The Bertz CT molecular complexity index is 1600. The Kier molecular flexibility index (Phi) is 8.36. The fourth-order valence-electron chi connectivity index (χ4n) is 5.88. The lowest BCUT2D eigenvalue weighted by Gasteiger charge is -2.35. The van der Waals surface area contributed by atoms with Crippen molar-refractivity contribution in [3.05, 3.63) is 175 Å². The van der Waals surface area contributed by atoms with E-state index in [2.05, 4.69) is 176 Å². The van der Waals surface area contributed by atoms with Crippen LogP contribution in [0.4, 0.5) is 0 Å². The fraction of sp³-hybridized carbons (Fsp3) is 0.0833. The van der Waals surface area contributed by atoms with Crippen LogP contribution >= 0.6 is 12.6 Å². The smallest absolute Gasteiger partial charge is 0.215 e. The van der Waals surface area contributed by atoms with Crippen molar-refractivity contribution in [2.24, 2.45) is 0 Å². The maximum absolute atomic E-state index is 4.92. The molecule has 0 spiro atoms. The lowest BCUT2D eigenvalue weighted by molar-refractivity contribution is 0.889. The van der Waals surface area contributed by atoms with E-state index in [0.29, 0.717) is 5.75 Å². The number of hydrogen-bond acceptors (Lipinski definition) is 2. The first-order valence-electron chi connectivity index (χ1n) is 14.0. The molecule has 5 heteroatoms. The first-order chi connectivity index (χ1) is 20.3. The van der Waals surface area contributed by atoms with E-state index in [0.717, 1.165) is 11.9 Å². The minimum Gasteiger partial charge on any atom is -0.345 e. The second kappa shape index (κ2) is 12.6. The van der Waals surface area contributed by atoms with Gasteiger partial charge in [0.05, 0.1) is 5.72 Å². The molecule has 1 aromatic heterocycles. The molecule has 199 valence electrons. The van der Waals surface area contributed by atoms with Gasteiger partial charge in [-0.15, -0.1) is 0 Å². The zero-order valence-electron chi connectivity index (χ0n) is 22.9. The number of aromatic nitrogens is 2. The second-order valence-electron chi connectivity index (χ2n) is 10.4. The van der Waals surface area contributed by atoms with Crippen molar-refractivity contribution in [2.75, 3.05) is 0 Å². The highest BCUT2D eigenvalue weighted by Gasteiger charge is 2.40. The summed E-state index contributed by atoms with van der Waals surface area (Å²) in [5, 5.41) is 4.14. The molecule has 0 saturated heterocycles. The van der Waals surface area contributed by atoms with Gasteiger partial charge in [-0.3, -0.25) is 4.98 Å². The van der Waals surface area contributed by atoms with Gasteiger partial charge >= 0.3 is 0 Å². The summed E-state index contributed by atoms with van der Waals surface area (Å²) in [4.78, 5) is 4.92. The molecule has 5 aromatic carbocycles. The monoisotopic (exact) mass is 563 g/mol. The van der Waals surface area contributed by atoms with Crippen LogP contribution in [0.15, 0.2) is 158 Å². The number of rotatable bonds is 10. The fourth-order valence-corrected chi connectivity index (χ4v) is 10.7. The van der Waals surface area contributed by atoms with Crippen LogP contribution in [0.3, 0.4) is 0 Å². The second-order valence-corrected chi connectivity index (χ2v) is 14.6. The maximum Gasteiger partial charge on any atom is 0.215 e. The molecule has 0 atom stereocenters. The van der Waals surface area contributed by atoms with E-state index in [-0.39, 0.29) is 5.82 Å². The summed E-state index contributed by atoms with van der Waals surface area (Å²) in [6, 6.07) is 52.6. The quantitative estimate of drug-likeness (QED) is 0.139. The molecule has 6 aromatic rings. The van der Waals surface area contributed by atoms with Crippen LogP contribution in [0, 0.1) is 0 Å². The molecule has 1 heterocycles. The Morgan fingerprint density at radius 1 is 0.634 bits per heavy atom. The number of imidazole rings is 1. The van der Waals surface area contributed by atoms with Gasteiger partial charge < -0.3 is 4.57 Å². The average molecular weight is 564 g/mol. The zero-order valence-corrected chi connectivity index (χ0v) is 24.8. The van der Waals surface area contributed by atoms with Crippen molar-refractivity contribution in [3.8, 4) is 0 Å². The van der Waals surface area contributed by atoms with Gasteiger partial charge in [-0.25, -0.2) is 0 Å². The lowest BCUT2D eigenvalue weighted by atomic mass is 9.58. The van der Waals surface area contributed by atoms with Gasteiger partial charge in [-0.2, -0.15) is 12.6 Å². The van der Waals surface area contributed by atoms with Gasteiger partial charge in [-0.05, 0) is 38.1 Å². The summed E-state index contributed by atoms with van der Waals surface area (Å²) < 4.78 is 2.37. The molecular formula is C36H32BN2SSi. The minimum atomic E-state index is -2.55. The molecule has 0 fully saturated rings. The normalized spacial score (nSPS) is 11.5. The topological polar surface area (TPSA) is 17.8 Å². The van der Waals surface area contributed by atoms with Crippen LogP contribution in [0.5, 0.6) is 0 Å². The summed E-state index contributed by atoms with van der Waals surface area (Å²) in [6.07, 6.45) is 4.92. The molecule has 0 N–H and O–H groups in total. The Labute approximate surface area is 250 Å².